The SMILES string of the molecule is CNC(=O)c1ccc2cc(C(=N)N)sc2c1. The van der Waals surface area contributed by atoms with E-state index in [9.17, 15) is 4.79 Å². The van der Waals surface area contributed by atoms with Crippen molar-refractivity contribution in [2.24, 2.45) is 5.73 Å². The van der Waals surface area contributed by atoms with Gasteiger partial charge in [0.2, 0.25) is 0 Å². The predicted molar refractivity (Wildman–Crippen MR) is 66.2 cm³/mol. The highest BCUT2D eigenvalue weighted by Gasteiger charge is 2.07. The molecule has 16 heavy (non-hydrogen) atoms. The molecule has 0 atom stereocenters. The molecule has 1 amide bonds. The largest absolute Gasteiger partial charge is 0.383 e. The van der Waals surface area contributed by atoms with Crippen LogP contribution in [0.4, 0.5) is 0 Å². The van der Waals surface area contributed by atoms with Crippen LogP contribution in [0.15, 0.2) is 24.3 Å². The first-order chi connectivity index (χ1) is 7.61. The number of thiophene rings is 1. The zero-order chi connectivity index (χ0) is 11.7. The molecule has 4 nitrogen and oxygen atoms in total. The molecule has 0 bridgehead atoms. The molecule has 0 radical (unpaired) electrons. The maximum Gasteiger partial charge on any atom is 0.251 e. The molecule has 0 fully saturated rings. The average molecular weight is 233 g/mol. The molecular weight excluding hydrogens is 222 g/mol. The predicted octanol–water partition coefficient (Wildman–Crippen LogP) is 1.54. The fourth-order valence-electron chi connectivity index (χ4n) is 1.45. The molecule has 5 heteroatoms. The Morgan fingerprint density at radius 2 is 2.19 bits per heavy atom. The first-order valence-corrected chi connectivity index (χ1v) is 5.53. The lowest BCUT2D eigenvalue weighted by atomic mass is 10.1. The molecule has 0 saturated heterocycles. The number of nitrogens with two attached hydrogens (primary N) is 1. The first kappa shape index (κ1) is 10.6. The van der Waals surface area contributed by atoms with E-state index in [0.29, 0.717) is 5.56 Å². The van der Waals surface area contributed by atoms with E-state index >= 15 is 0 Å². The highest BCUT2D eigenvalue weighted by molar-refractivity contribution is 7.20. The van der Waals surface area contributed by atoms with Gasteiger partial charge in [0.25, 0.3) is 5.91 Å². The van der Waals surface area contributed by atoms with E-state index in [1.807, 2.05) is 18.2 Å². The number of nitrogen functional groups attached to an aromatic ring is 1. The van der Waals surface area contributed by atoms with Crippen LogP contribution < -0.4 is 11.1 Å². The normalized spacial score (nSPS) is 10.3. The Kier molecular flexibility index (Phi) is 2.62. The summed E-state index contributed by atoms with van der Waals surface area (Å²) in [7, 11) is 1.60. The van der Waals surface area contributed by atoms with Gasteiger partial charge in [-0.25, -0.2) is 0 Å². The van der Waals surface area contributed by atoms with Crippen molar-refractivity contribution in [1.82, 2.24) is 5.32 Å². The summed E-state index contributed by atoms with van der Waals surface area (Å²) in [5.41, 5.74) is 6.03. The van der Waals surface area contributed by atoms with Crippen LogP contribution in [0.5, 0.6) is 0 Å². The standard InChI is InChI=1S/C11H11N3OS/c1-14-11(15)7-3-2-6-4-9(10(12)13)16-8(6)5-7/h2-5H,1H3,(H3,12,13)(H,14,15). The molecule has 0 aliphatic rings. The van der Waals surface area contributed by atoms with Crippen molar-refractivity contribution >= 4 is 33.2 Å². The van der Waals surface area contributed by atoms with Crippen molar-refractivity contribution in [2.75, 3.05) is 7.05 Å². The monoisotopic (exact) mass is 233 g/mol. The van der Waals surface area contributed by atoms with Gasteiger partial charge in [-0.2, -0.15) is 0 Å². The van der Waals surface area contributed by atoms with E-state index in [1.165, 1.54) is 11.3 Å². The molecule has 1 aromatic carbocycles. The zero-order valence-electron chi connectivity index (χ0n) is 8.70. The van der Waals surface area contributed by atoms with E-state index in [1.54, 1.807) is 13.1 Å². The number of fused-ring (bicyclic) bond motifs is 1. The minimum absolute atomic E-state index is 0.0580. The lowest BCUT2D eigenvalue weighted by Gasteiger charge is -1.98. The van der Waals surface area contributed by atoms with Crippen molar-refractivity contribution in [2.45, 2.75) is 0 Å². The van der Waals surface area contributed by atoms with Gasteiger partial charge in [0.05, 0.1) is 4.88 Å². The van der Waals surface area contributed by atoms with Gasteiger partial charge >= 0.3 is 0 Å². The van der Waals surface area contributed by atoms with E-state index < -0.39 is 0 Å². The minimum atomic E-state index is -0.111. The van der Waals surface area contributed by atoms with Gasteiger partial charge in [0.15, 0.2) is 0 Å². The van der Waals surface area contributed by atoms with Crippen LogP contribution in [0.1, 0.15) is 15.2 Å². The maximum atomic E-state index is 11.4. The van der Waals surface area contributed by atoms with Crippen LogP contribution in [0.2, 0.25) is 0 Å². The Bertz CT molecular complexity index is 574. The third-order valence-electron chi connectivity index (χ3n) is 2.27. The van der Waals surface area contributed by atoms with Crippen LogP contribution in [-0.2, 0) is 0 Å². The van der Waals surface area contributed by atoms with E-state index in [0.717, 1.165) is 15.0 Å². The van der Waals surface area contributed by atoms with Gasteiger partial charge in [-0.15, -0.1) is 11.3 Å². The van der Waals surface area contributed by atoms with Crippen LogP contribution in [0.25, 0.3) is 10.1 Å². The Labute approximate surface area is 96.6 Å². The highest BCUT2D eigenvalue weighted by atomic mass is 32.1. The van der Waals surface area contributed by atoms with Crippen LogP contribution >= 0.6 is 11.3 Å². The molecular formula is C11H11N3OS. The minimum Gasteiger partial charge on any atom is -0.383 e. The summed E-state index contributed by atoms with van der Waals surface area (Å²) < 4.78 is 0.964. The first-order valence-electron chi connectivity index (χ1n) is 4.72. The quantitative estimate of drug-likeness (QED) is 0.543. The number of carbonyl (C=O) groups is 1. The summed E-state index contributed by atoms with van der Waals surface area (Å²) in [4.78, 5) is 12.2. The topological polar surface area (TPSA) is 79.0 Å². The van der Waals surface area contributed by atoms with Crippen LogP contribution in [-0.4, -0.2) is 18.8 Å². The fraction of sp³-hybridized carbons (Fsp3) is 0.0909. The Balaban J connectivity index is 2.53. The summed E-state index contributed by atoms with van der Waals surface area (Å²) in [6, 6.07) is 7.29. The molecule has 0 spiro atoms. The second-order valence-electron chi connectivity index (χ2n) is 3.36. The Morgan fingerprint density at radius 1 is 1.44 bits per heavy atom. The molecule has 2 aromatic rings. The van der Waals surface area contributed by atoms with Gasteiger partial charge in [-0.05, 0) is 23.6 Å². The molecule has 1 aromatic heterocycles. The zero-order valence-corrected chi connectivity index (χ0v) is 9.52. The van der Waals surface area contributed by atoms with Crippen molar-refractivity contribution in [3.63, 3.8) is 0 Å². The number of carbonyl (C=O) groups excluding carboxylic acids is 1. The highest BCUT2D eigenvalue weighted by Crippen LogP contribution is 2.26. The average Bonchev–Trinajstić information content (AvgIpc) is 2.70. The van der Waals surface area contributed by atoms with E-state index in [2.05, 4.69) is 5.32 Å². The second-order valence-corrected chi connectivity index (χ2v) is 4.44. The maximum absolute atomic E-state index is 11.4. The van der Waals surface area contributed by atoms with Crippen molar-refractivity contribution in [1.29, 1.82) is 5.41 Å². The Hall–Kier alpha value is -1.88. The number of rotatable bonds is 2. The molecule has 2 rings (SSSR count). The van der Waals surface area contributed by atoms with Gasteiger partial charge in [-0.1, -0.05) is 6.07 Å². The van der Waals surface area contributed by atoms with E-state index in [4.69, 9.17) is 11.1 Å². The number of hydrogen-bond acceptors (Lipinski definition) is 3. The summed E-state index contributed by atoms with van der Waals surface area (Å²) in [6.45, 7) is 0. The third-order valence-corrected chi connectivity index (χ3v) is 3.41. The van der Waals surface area contributed by atoms with Gasteiger partial charge in [0, 0.05) is 17.3 Å². The van der Waals surface area contributed by atoms with Gasteiger partial charge < -0.3 is 11.1 Å². The number of nitrogens with one attached hydrogen (secondary N) is 2. The summed E-state index contributed by atoms with van der Waals surface area (Å²) in [5, 5.41) is 10.9. The Morgan fingerprint density at radius 3 is 2.81 bits per heavy atom. The molecule has 0 aliphatic carbocycles. The number of amides is 1. The molecule has 0 saturated carbocycles. The molecule has 0 aliphatic heterocycles. The fourth-order valence-corrected chi connectivity index (χ4v) is 2.41. The lowest BCUT2D eigenvalue weighted by molar-refractivity contribution is 0.0963. The smallest absolute Gasteiger partial charge is 0.251 e. The molecule has 82 valence electrons. The van der Waals surface area contributed by atoms with E-state index in [-0.39, 0.29) is 11.7 Å². The number of hydrogen-bond donors (Lipinski definition) is 3. The van der Waals surface area contributed by atoms with Crippen LogP contribution in [0.3, 0.4) is 0 Å². The van der Waals surface area contributed by atoms with Crippen molar-refractivity contribution in [3.8, 4) is 0 Å². The third kappa shape index (κ3) is 1.77. The molecule has 1 heterocycles. The summed E-state index contributed by atoms with van der Waals surface area (Å²) in [6.07, 6.45) is 0. The molecule has 0 unspecified atom stereocenters. The summed E-state index contributed by atoms with van der Waals surface area (Å²) in [5.74, 6) is -0.0534. The van der Waals surface area contributed by atoms with Crippen molar-refractivity contribution in [3.05, 3.63) is 34.7 Å². The molecule has 4 N–H and O–H groups in total. The lowest BCUT2D eigenvalue weighted by Crippen LogP contribution is -2.17. The van der Waals surface area contributed by atoms with Crippen molar-refractivity contribution < 1.29 is 4.79 Å². The van der Waals surface area contributed by atoms with Gasteiger partial charge in [0.1, 0.15) is 5.84 Å². The van der Waals surface area contributed by atoms with Gasteiger partial charge in [-0.3, -0.25) is 10.2 Å². The number of benzene rings is 1. The van der Waals surface area contributed by atoms with Crippen LogP contribution in [0, 0.1) is 5.41 Å². The second kappa shape index (κ2) is 3.94. The number of amidine groups is 1. The summed E-state index contributed by atoms with van der Waals surface area (Å²) >= 11 is 1.42.